The summed E-state index contributed by atoms with van der Waals surface area (Å²) in [5, 5.41) is 11.8. The average Bonchev–Trinajstić information content (AvgIpc) is 3.13. The van der Waals surface area contributed by atoms with E-state index in [1.807, 2.05) is 0 Å². The molecule has 0 radical (unpaired) electrons. The molecule has 21 heavy (non-hydrogen) atoms. The van der Waals surface area contributed by atoms with Gasteiger partial charge in [0.05, 0.1) is 38.6 Å². The second kappa shape index (κ2) is 7.35. The van der Waals surface area contributed by atoms with Crippen LogP contribution in [0.4, 0.5) is 5.82 Å². The monoisotopic (exact) mass is 337 g/mol. The van der Waals surface area contributed by atoms with Gasteiger partial charge in [-0.25, -0.2) is 0 Å². The maximum atomic E-state index is 10.6. The van der Waals surface area contributed by atoms with E-state index >= 15 is 0 Å². The number of hydrogen-bond donors (Lipinski definition) is 2. The van der Waals surface area contributed by atoms with Gasteiger partial charge in [-0.3, -0.25) is 0 Å². The number of hydrogen-bond acceptors (Lipinski definition) is 8. The highest BCUT2D eigenvalue weighted by Gasteiger charge is 2.21. The number of rotatable bonds is 6. The summed E-state index contributed by atoms with van der Waals surface area (Å²) in [7, 11) is 0. The van der Waals surface area contributed by atoms with Crippen LogP contribution in [0, 0.1) is 0 Å². The molecule has 0 unspecified atom stereocenters. The number of β-amino-alcohol motifs (C(OH)–C–C–N with tert-alkyl or cyclic N) is 1. The minimum absolute atomic E-state index is 0.0751. The van der Waals surface area contributed by atoms with E-state index in [4.69, 9.17) is 33.5 Å². The Bertz CT molecular complexity index is 1080. The van der Waals surface area contributed by atoms with Gasteiger partial charge in [-0.15, -0.1) is 4.37 Å². The van der Waals surface area contributed by atoms with Gasteiger partial charge < -0.3 is 24.8 Å². The largest absolute Gasteiger partial charge is 0.472 e. The van der Waals surface area contributed by atoms with E-state index < -0.39 is 83.1 Å². The lowest BCUT2D eigenvalue weighted by atomic mass is 10.1. The average molecular weight is 338 g/mol. The lowest BCUT2D eigenvalue weighted by Gasteiger charge is -2.27. The first-order valence-electron chi connectivity index (χ1n) is 15.6. The topological polar surface area (TPSA) is 79.7 Å². The van der Waals surface area contributed by atoms with E-state index in [1.54, 1.807) is 0 Å². The minimum atomic E-state index is -4.07. The van der Waals surface area contributed by atoms with Gasteiger partial charge in [-0.2, -0.15) is 4.37 Å². The van der Waals surface area contributed by atoms with Crippen LogP contribution in [0.2, 0.25) is 0 Å². The third-order valence-electron chi connectivity index (χ3n) is 1.73. The molecule has 8 heteroatoms. The van der Waals surface area contributed by atoms with Gasteiger partial charge in [0.15, 0.2) is 0 Å². The van der Waals surface area contributed by atoms with Crippen molar-refractivity contribution in [2.45, 2.75) is 32.2 Å². The summed E-state index contributed by atoms with van der Waals surface area (Å²) in [6, 6.07) is 0. The van der Waals surface area contributed by atoms with Crippen molar-refractivity contribution in [2.24, 2.45) is 0 Å². The van der Waals surface area contributed by atoms with Crippen molar-refractivity contribution in [3.05, 3.63) is 0 Å². The van der Waals surface area contributed by atoms with E-state index in [9.17, 15) is 5.11 Å². The molecule has 0 bridgehead atoms. The number of aliphatic hydroxyl groups is 1. The van der Waals surface area contributed by atoms with Crippen molar-refractivity contribution in [3.63, 3.8) is 0 Å². The van der Waals surface area contributed by atoms with Crippen LogP contribution in [0.3, 0.4) is 0 Å². The molecule has 1 saturated heterocycles. The van der Waals surface area contributed by atoms with Crippen molar-refractivity contribution < 1.29 is 43.4 Å². The Labute approximate surface area is 159 Å². The summed E-state index contributed by atoms with van der Waals surface area (Å²) in [4.78, 5) is -0.249. The van der Waals surface area contributed by atoms with Crippen molar-refractivity contribution in [2.75, 3.05) is 44.1 Å². The molecule has 0 aliphatic carbocycles. The fourth-order valence-electron chi connectivity index (χ4n) is 0.991. The zero-order valence-electron chi connectivity index (χ0n) is 31.1. The molecule has 1 atom stereocenters. The third kappa shape index (κ3) is 5.39. The van der Waals surface area contributed by atoms with Crippen LogP contribution in [0.1, 0.15) is 49.3 Å². The Kier molecular flexibility index (Phi) is 1.44. The highest BCUT2D eigenvalue weighted by atomic mass is 32.1. The van der Waals surface area contributed by atoms with Crippen molar-refractivity contribution in [3.8, 4) is 5.88 Å². The van der Waals surface area contributed by atoms with E-state index in [2.05, 4.69) is 13.5 Å². The van der Waals surface area contributed by atoms with E-state index in [0.29, 0.717) is 0 Å². The lowest BCUT2D eigenvalue weighted by Crippen LogP contribution is -2.42. The molecule has 1 fully saturated rings. The normalized spacial score (nSPS) is 45.4. The van der Waals surface area contributed by atoms with Gasteiger partial charge in [0.1, 0.15) is 12.7 Å². The van der Waals surface area contributed by atoms with E-state index in [-0.39, 0.29) is 16.6 Å². The highest BCUT2D eigenvalue weighted by molar-refractivity contribution is 6.99. The molecule has 0 spiro atoms. The molecule has 7 nitrogen and oxygen atoms in total. The number of nitrogens with one attached hydrogen (secondary N) is 1. The van der Waals surface area contributed by atoms with E-state index in [0.717, 1.165) is 0 Å². The highest BCUT2D eigenvalue weighted by Crippen LogP contribution is 2.26. The number of aliphatic hydroxyl groups excluding tert-OH is 1. The maximum absolute atomic E-state index is 10.6. The molecule has 0 saturated carbocycles. The molecule has 1 aromatic rings. The van der Waals surface area contributed by atoms with Gasteiger partial charge in [-0.1, -0.05) is 0 Å². The van der Waals surface area contributed by atoms with Crippen LogP contribution < -0.4 is 15.0 Å². The quantitative estimate of drug-likeness (QED) is 0.782. The summed E-state index contributed by atoms with van der Waals surface area (Å²) in [5.74, 6) is -2.44. The molecule has 2 rings (SSSR count). The second-order valence-electron chi connectivity index (χ2n) is 3.40. The standard InChI is InChI=1S/C13H24N4O3S/c1-13(2,3)14-8-10(18)9-20-12-11(15-21-16-12)17-4-6-19-7-5-17/h10,14,18H,4-9H2,1-3H3/t10-/m0/s1/i1D3,2D3,3D3,4D2,5D2,6D2,7D2,8D2,9D2. The Hall–Kier alpha value is -0.960. The maximum Gasteiger partial charge on any atom is 0.270 e. The van der Waals surface area contributed by atoms with Crippen molar-refractivity contribution >= 4 is 17.5 Å². The Morgan fingerprint density at radius 3 is 3.05 bits per heavy atom. The van der Waals surface area contributed by atoms with Gasteiger partial charge in [0.2, 0.25) is 5.82 Å². The van der Waals surface area contributed by atoms with Gasteiger partial charge >= 0.3 is 0 Å². The molecular weight excluding hydrogens is 292 g/mol. The van der Waals surface area contributed by atoms with Gasteiger partial charge in [0.25, 0.3) is 5.88 Å². The molecule has 1 aliphatic rings. The number of morpholine rings is 1. The van der Waals surface area contributed by atoms with Crippen LogP contribution in [0.5, 0.6) is 5.88 Å². The molecule has 120 valence electrons. The molecular formula is C13H24N4O3S. The predicted molar refractivity (Wildman–Crippen MR) is 82.2 cm³/mol. The van der Waals surface area contributed by atoms with Crippen LogP contribution in [0.25, 0.3) is 0 Å². The molecule has 0 amide bonds. The molecule has 2 N–H and O–H groups in total. The zero-order valence-corrected chi connectivity index (χ0v) is 10.9. The SMILES string of the molecule is [2H]C([2H])(NC(C([2H])([2H])[2H])(C([2H])([2H])[2H])C([2H])([2H])[2H])[C@H](O)C([2H])([2H])Oc1nsnc1N1C([2H])([2H])C([2H])([2H])OC([2H])([2H])C1([2H])[2H]. The van der Waals surface area contributed by atoms with Gasteiger partial charge in [0, 0.05) is 40.1 Å². The first-order valence-corrected chi connectivity index (χ1v) is 5.87. The Morgan fingerprint density at radius 2 is 2.33 bits per heavy atom. The number of aromatic nitrogens is 2. The van der Waals surface area contributed by atoms with E-state index in [1.165, 1.54) is 5.32 Å². The van der Waals surface area contributed by atoms with Crippen LogP contribution in [-0.4, -0.2) is 64.7 Å². The summed E-state index contributed by atoms with van der Waals surface area (Å²) in [5.41, 5.74) is -4.07. The van der Waals surface area contributed by atoms with Crippen molar-refractivity contribution in [1.29, 1.82) is 0 Å². The summed E-state index contributed by atoms with van der Waals surface area (Å²) in [6.45, 7) is -34.2. The first kappa shape index (κ1) is 4.11. The lowest BCUT2D eigenvalue weighted by molar-refractivity contribution is 0.0975. The van der Waals surface area contributed by atoms with Gasteiger partial charge in [-0.05, 0) is 20.6 Å². The van der Waals surface area contributed by atoms with Crippen LogP contribution in [-0.2, 0) is 4.74 Å². The molecule has 1 aliphatic heterocycles. The molecule has 1 aromatic heterocycles. The fraction of sp³-hybridized carbons (Fsp3) is 0.846. The number of nitrogens with zero attached hydrogens (tertiary/aromatic N) is 3. The Balaban J connectivity index is 2.60. The predicted octanol–water partition coefficient (Wildman–Crippen LogP) is 0.502. The van der Waals surface area contributed by atoms with Crippen molar-refractivity contribution in [1.82, 2.24) is 14.1 Å². The minimum Gasteiger partial charge on any atom is -0.472 e. The fourth-order valence-corrected chi connectivity index (χ4v) is 1.46. The summed E-state index contributed by atoms with van der Waals surface area (Å²) < 4.78 is 180. The first-order chi connectivity index (χ1) is 18.1. The molecule has 0 aromatic carbocycles. The zero-order chi connectivity index (χ0) is 33.6. The second-order valence-corrected chi connectivity index (χ2v) is 3.93. The summed E-state index contributed by atoms with van der Waals surface area (Å²) >= 11 is 0.0751. The molecule has 2 heterocycles. The van der Waals surface area contributed by atoms with Crippen LogP contribution in [0.15, 0.2) is 0 Å². The number of ether oxygens (including phenoxy) is 2. The summed E-state index contributed by atoms with van der Waals surface area (Å²) in [6.07, 6.45) is -3.30. The third-order valence-corrected chi connectivity index (χ3v) is 2.24. The van der Waals surface area contributed by atoms with Crippen LogP contribution >= 0.6 is 11.7 Å². The smallest absolute Gasteiger partial charge is 0.270 e. The Morgan fingerprint density at radius 1 is 1.57 bits per heavy atom. The number of anilines is 1.